The van der Waals surface area contributed by atoms with Crippen LogP contribution in [0.5, 0.6) is 5.75 Å². The first-order valence-electron chi connectivity index (χ1n) is 7.45. The summed E-state index contributed by atoms with van der Waals surface area (Å²) in [5.41, 5.74) is 1.43. The molecule has 0 saturated carbocycles. The van der Waals surface area contributed by atoms with Gasteiger partial charge >= 0.3 is 0 Å². The van der Waals surface area contributed by atoms with Crippen LogP contribution in [0.3, 0.4) is 0 Å². The lowest BCUT2D eigenvalue weighted by Gasteiger charge is -2.16. The van der Waals surface area contributed by atoms with Gasteiger partial charge in [0.2, 0.25) is 0 Å². The van der Waals surface area contributed by atoms with Crippen molar-refractivity contribution in [2.45, 2.75) is 19.0 Å². The minimum atomic E-state index is -1.24. The molecule has 0 aliphatic carbocycles. The smallest absolute Gasteiger partial charge is 0.169 e. The highest BCUT2D eigenvalue weighted by molar-refractivity contribution is 9.10. The van der Waals surface area contributed by atoms with Gasteiger partial charge in [-0.05, 0) is 36.4 Å². The topological polar surface area (TPSA) is 83.0 Å². The van der Waals surface area contributed by atoms with Gasteiger partial charge in [-0.3, -0.25) is 4.79 Å². The zero-order valence-electron chi connectivity index (χ0n) is 13.2. The van der Waals surface area contributed by atoms with Crippen LogP contribution >= 0.6 is 15.9 Å². The Hall–Kier alpha value is -2.18. The highest BCUT2D eigenvalue weighted by Gasteiger charge is 2.19. The van der Waals surface area contributed by atoms with Crippen LogP contribution in [0.15, 0.2) is 53.0 Å². The van der Waals surface area contributed by atoms with E-state index in [1.165, 1.54) is 0 Å². The third-order valence-electron chi connectivity index (χ3n) is 3.67. The normalized spacial score (nSPS) is 11.8. The molecule has 2 rings (SSSR count). The third kappa shape index (κ3) is 5.18. The van der Waals surface area contributed by atoms with Gasteiger partial charge in [-0.25, -0.2) is 0 Å². The van der Waals surface area contributed by atoms with E-state index in [4.69, 9.17) is 4.74 Å². The van der Waals surface area contributed by atoms with Gasteiger partial charge in [-0.2, -0.15) is 0 Å². The Morgan fingerprint density at radius 2 is 1.75 bits per heavy atom. The van der Waals surface area contributed by atoms with Crippen molar-refractivity contribution in [1.82, 2.24) is 0 Å². The van der Waals surface area contributed by atoms with Crippen molar-refractivity contribution < 1.29 is 24.7 Å². The molecule has 0 aliphatic rings. The summed E-state index contributed by atoms with van der Waals surface area (Å²) in [5.74, 6) is -0.725. The van der Waals surface area contributed by atoms with E-state index in [1.54, 1.807) is 36.7 Å². The van der Waals surface area contributed by atoms with Crippen molar-refractivity contribution in [2.24, 2.45) is 0 Å². The predicted octanol–water partition coefficient (Wildman–Crippen LogP) is 0.913. The Labute approximate surface area is 148 Å². The number of ketones is 1. The summed E-state index contributed by atoms with van der Waals surface area (Å²) in [6.45, 7) is 0.441. The molecular formula is C18H18BrNO4. The zero-order chi connectivity index (χ0) is 17.5. The molecule has 0 aliphatic heterocycles. The van der Waals surface area contributed by atoms with E-state index in [1.807, 2.05) is 24.3 Å². The standard InChI is InChI=1S/C18H18BrNO4/c1-24-15-8-2-12(3-9-15)11-20-16(18(22)23)10-17(21)13-4-6-14(19)7-5-13/h2-9,16,20H,10-11H2,1H3,(H,22,23)/t16-/m0/s1. The van der Waals surface area contributed by atoms with Crippen LogP contribution in [-0.2, 0) is 11.3 Å². The maximum Gasteiger partial charge on any atom is 0.169 e. The Balaban J connectivity index is 1.97. The van der Waals surface area contributed by atoms with Crippen molar-refractivity contribution >= 4 is 27.7 Å². The van der Waals surface area contributed by atoms with E-state index >= 15 is 0 Å². The number of halogens is 1. The molecule has 24 heavy (non-hydrogen) atoms. The number of carbonyl (C=O) groups excluding carboxylic acids is 2. The van der Waals surface area contributed by atoms with Gasteiger partial charge in [-0.1, -0.05) is 28.1 Å². The van der Waals surface area contributed by atoms with Crippen LogP contribution in [0.1, 0.15) is 22.3 Å². The second kappa shape index (κ2) is 8.61. The van der Waals surface area contributed by atoms with Crippen LogP contribution in [0.4, 0.5) is 0 Å². The molecule has 5 nitrogen and oxygen atoms in total. The number of aliphatic carboxylic acids is 1. The van der Waals surface area contributed by atoms with Gasteiger partial charge in [0, 0.05) is 15.6 Å². The number of carboxylic acids is 1. The maximum absolute atomic E-state index is 12.2. The zero-order valence-corrected chi connectivity index (χ0v) is 14.8. The number of rotatable bonds is 8. The Morgan fingerprint density at radius 3 is 2.29 bits per heavy atom. The van der Waals surface area contributed by atoms with E-state index in [0.29, 0.717) is 12.1 Å². The van der Waals surface area contributed by atoms with Crippen LogP contribution in [0.2, 0.25) is 0 Å². The van der Waals surface area contributed by atoms with Crippen molar-refractivity contribution in [2.75, 3.05) is 7.11 Å². The number of hydrogen-bond donors (Lipinski definition) is 1. The minimum absolute atomic E-state index is 0.111. The summed E-state index contributed by atoms with van der Waals surface area (Å²) >= 11 is 3.30. The number of hydrogen-bond acceptors (Lipinski definition) is 4. The molecule has 126 valence electrons. The number of nitrogens with two attached hydrogens (primary N) is 1. The highest BCUT2D eigenvalue weighted by Crippen LogP contribution is 2.13. The summed E-state index contributed by atoms with van der Waals surface area (Å²) in [6.07, 6.45) is -0.111. The molecule has 0 fully saturated rings. The molecule has 6 heteroatoms. The molecule has 2 aromatic carbocycles. The van der Waals surface area contributed by atoms with Crippen molar-refractivity contribution in [1.29, 1.82) is 0 Å². The first-order chi connectivity index (χ1) is 11.5. The maximum atomic E-state index is 12.2. The molecule has 0 bridgehead atoms. The van der Waals surface area contributed by atoms with Gasteiger partial charge in [0.15, 0.2) is 5.78 Å². The average Bonchev–Trinajstić information content (AvgIpc) is 2.59. The SMILES string of the molecule is COc1ccc(C[NH2+][C@@H](CC(=O)c2ccc(Br)cc2)C(=O)[O-])cc1. The predicted molar refractivity (Wildman–Crippen MR) is 90.5 cm³/mol. The van der Waals surface area contributed by atoms with Gasteiger partial charge < -0.3 is 20.0 Å². The van der Waals surface area contributed by atoms with Gasteiger partial charge in [0.1, 0.15) is 18.3 Å². The Kier molecular flexibility index (Phi) is 6.52. The van der Waals surface area contributed by atoms with Gasteiger partial charge in [-0.15, -0.1) is 0 Å². The summed E-state index contributed by atoms with van der Waals surface area (Å²) in [4.78, 5) is 23.5. The number of methoxy groups -OCH3 is 1. The van der Waals surface area contributed by atoms with E-state index in [2.05, 4.69) is 15.9 Å². The molecule has 0 heterocycles. The van der Waals surface area contributed by atoms with E-state index < -0.39 is 12.0 Å². The quantitative estimate of drug-likeness (QED) is 0.678. The molecule has 0 unspecified atom stereocenters. The minimum Gasteiger partial charge on any atom is -0.544 e. The molecule has 0 spiro atoms. The molecule has 0 saturated heterocycles. The molecule has 0 aromatic heterocycles. The fraction of sp³-hybridized carbons (Fsp3) is 0.222. The van der Waals surface area contributed by atoms with Crippen LogP contribution in [-0.4, -0.2) is 24.9 Å². The van der Waals surface area contributed by atoms with E-state index in [-0.39, 0.29) is 12.2 Å². The Morgan fingerprint density at radius 1 is 1.12 bits per heavy atom. The molecule has 0 radical (unpaired) electrons. The van der Waals surface area contributed by atoms with E-state index in [9.17, 15) is 14.7 Å². The number of carbonyl (C=O) groups is 2. The van der Waals surface area contributed by atoms with Crippen LogP contribution in [0.25, 0.3) is 0 Å². The van der Waals surface area contributed by atoms with Gasteiger partial charge in [0.05, 0.1) is 19.5 Å². The third-order valence-corrected chi connectivity index (χ3v) is 4.20. The molecule has 2 aromatic rings. The first kappa shape index (κ1) is 18.2. The van der Waals surface area contributed by atoms with Crippen molar-refractivity contribution in [3.05, 3.63) is 64.1 Å². The number of benzene rings is 2. The average molecular weight is 392 g/mol. The van der Waals surface area contributed by atoms with Gasteiger partial charge in [0.25, 0.3) is 0 Å². The first-order valence-corrected chi connectivity index (χ1v) is 8.25. The fourth-order valence-electron chi connectivity index (χ4n) is 2.26. The van der Waals surface area contributed by atoms with Crippen LogP contribution in [0, 0.1) is 0 Å². The molecular weight excluding hydrogens is 374 g/mol. The van der Waals surface area contributed by atoms with Crippen LogP contribution < -0.4 is 15.2 Å². The summed E-state index contributed by atoms with van der Waals surface area (Å²) in [6, 6.07) is 13.3. The number of quaternary nitrogens is 1. The molecule has 1 atom stereocenters. The second-order valence-corrected chi connectivity index (χ2v) is 6.26. The Bertz CT molecular complexity index is 698. The lowest BCUT2D eigenvalue weighted by atomic mass is 10.0. The van der Waals surface area contributed by atoms with E-state index in [0.717, 1.165) is 15.8 Å². The second-order valence-electron chi connectivity index (χ2n) is 5.35. The van der Waals surface area contributed by atoms with Crippen molar-refractivity contribution in [3.63, 3.8) is 0 Å². The van der Waals surface area contributed by atoms with Crippen molar-refractivity contribution in [3.8, 4) is 5.75 Å². The summed E-state index contributed by atoms with van der Waals surface area (Å²) in [5, 5.41) is 12.9. The lowest BCUT2D eigenvalue weighted by Crippen LogP contribution is -2.92. The molecule has 2 N–H and O–H groups in total. The fourth-order valence-corrected chi connectivity index (χ4v) is 2.52. The summed E-state index contributed by atoms with van der Waals surface area (Å²) < 4.78 is 5.94. The molecule has 0 amide bonds. The number of carboxylic acid groups (broad SMARTS) is 1. The largest absolute Gasteiger partial charge is 0.544 e. The lowest BCUT2D eigenvalue weighted by molar-refractivity contribution is -0.697. The number of ether oxygens (including phenoxy) is 1. The summed E-state index contributed by atoms with van der Waals surface area (Å²) in [7, 11) is 1.58. The highest BCUT2D eigenvalue weighted by atomic mass is 79.9. The monoisotopic (exact) mass is 391 g/mol. The number of Topliss-reactive ketones (excluding diaryl/α,β-unsaturated/α-hetero) is 1.